The van der Waals surface area contributed by atoms with Crippen molar-refractivity contribution in [3.8, 4) is 11.5 Å². The summed E-state index contributed by atoms with van der Waals surface area (Å²) in [6.45, 7) is 11.0. The first-order chi connectivity index (χ1) is 28.9. The van der Waals surface area contributed by atoms with Gasteiger partial charge in [-0.05, 0) is 110 Å². The van der Waals surface area contributed by atoms with Crippen molar-refractivity contribution in [1.82, 2.24) is 38.7 Å². The Balaban J connectivity index is 1.13. The number of ketones is 1. The number of aryl methyl sites for hydroxylation is 4. The van der Waals surface area contributed by atoms with E-state index >= 15 is 0 Å². The summed E-state index contributed by atoms with van der Waals surface area (Å²) in [5.41, 5.74) is 11.1. The third-order valence-electron chi connectivity index (χ3n) is 11.1. The Kier molecular flexibility index (Phi) is 11.0. The lowest BCUT2D eigenvalue weighted by molar-refractivity contribution is 0.0994. The van der Waals surface area contributed by atoms with Gasteiger partial charge in [0.2, 0.25) is 17.8 Å². The molecule has 2 aliphatic rings. The van der Waals surface area contributed by atoms with Crippen LogP contribution in [0.15, 0.2) is 48.6 Å². The molecule has 6 aromatic rings. The summed E-state index contributed by atoms with van der Waals surface area (Å²) >= 11 is 0. The van der Waals surface area contributed by atoms with E-state index in [1.54, 1.807) is 45.8 Å². The van der Waals surface area contributed by atoms with Crippen LogP contribution in [0.3, 0.4) is 0 Å². The van der Waals surface area contributed by atoms with E-state index in [1.165, 1.54) is 6.92 Å². The van der Waals surface area contributed by atoms with Gasteiger partial charge in [-0.15, -0.1) is 0 Å². The summed E-state index contributed by atoms with van der Waals surface area (Å²) in [4.78, 5) is 62.2. The van der Waals surface area contributed by atoms with E-state index in [1.807, 2.05) is 36.8 Å². The normalized spacial score (nSPS) is 16.5. The number of hydrogen-bond acceptors (Lipinski definition) is 10. The standard InChI is InChI=1S/C43H49N11O6/c1-6-51-33(18-24(3)49-51)40(57)47-42-45-31-20-27(26(5)55)22-35-37(31)53(42)29(14-10-16-59-35)12-8-9-13-30-15-11-17-60-36-23-28(39(44)56)21-32-38(36)54(30)43(46-32)48-41(58)34-19-25(4)50-52(34)7-2/h8-9,18-23,29-30H,6-7,10-17H2,1-5H3,(H2,44,56)(H,45,47,57)(H,46,48,58). The average molecular weight is 816 g/mol. The van der Waals surface area contributed by atoms with Crippen molar-refractivity contribution < 1.29 is 28.7 Å². The van der Waals surface area contributed by atoms with Crippen LogP contribution in [0.25, 0.3) is 22.1 Å². The van der Waals surface area contributed by atoms with Crippen LogP contribution < -0.4 is 25.8 Å². The molecule has 312 valence electrons. The monoisotopic (exact) mass is 815 g/mol. The van der Waals surface area contributed by atoms with Gasteiger partial charge in [-0.3, -0.25) is 39.2 Å². The number of imidazole rings is 2. The Morgan fingerprint density at radius 1 is 0.717 bits per heavy atom. The number of ether oxygens (including phenoxy) is 2. The highest BCUT2D eigenvalue weighted by atomic mass is 16.5. The number of carbonyl (C=O) groups excluding carboxylic acids is 4. The van der Waals surface area contributed by atoms with Gasteiger partial charge in [0.05, 0.1) is 35.6 Å². The summed E-state index contributed by atoms with van der Waals surface area (Å²) in [7, 11) is 0. The van der Waals surface area contributed by atoms with Crippen LogP contribution in [0.1, 0.15) is 124 Å². The maximum atomic E-state index is 13.8. The molecule has 60 heavy (non-hydrogen) atoms. The lowest BCUT2D eigenvalue weighted by Crippen LogP contribution is -2.22. The average Bonchev–Trinajstić information content (AvgIpc) is 3.97. The molecule has 0 aliphatic carbocycles. The largest absolute Gasteiger partial charge is 0.491 e. The number of amides is 3. The van der Waals surface area contributed by atoms with Crippen LogP contribution in [0, 0.1) is 13.8 Å². The van der Waals surface area contributed by atoms with Gasteiger partial charge in [0.1, 0.15) is 33.9 Å². The smallest absolute Gasteiger partial charge is 0.276 e. The highest BCUT2D eigenvalue weighted by Gasteiger charge is 2.29. The van der Waals surface area contributed by atoms with E-state index in [2.05, 4.69) is 33.0 Å². The predicted octanol–water partition coefficient (Wildman–Crippen LogP) is 6.71. The Bertz CT molecular complexity index is 2520. The van der Waals surface area contributed by atoms with Crippen LogP contribution in [0.4, 0.5) is 11.9 Å². The first-order valence-electron chi connectivity index (χ1n) is 20.5. The summed E-state index contributed by atoms with van der Waals surface area (Å²) in [6.07, 6.45) is 8.38. The molecule has 6 heterocycles. The second-order valence-electron chi connectivity index (χ2n) is 15.3. The fraction of sp³-hybridized carbons (Fsp3) is 0.395. The molecule has 0 saturated carbocycles. The van der Waals surface area contributed by atoms with E-state index in [0.29, 0.717) is 108 Å². The molecule has 2 aliphatic heterocycles. The molecule has 2 unspecified atom stereocenters. The maximum absolute atomic E-state index is 13.8. The number of anilines is 2. The molecule has 0 fully saturated rings. The highest BCUT2D eigenvalue weighted by Crippen LogP contribution is 2.40. The van der Waals surface area contributed by atoms with Gasteiger partial charge >= 0.3 is 0 Å². The van der Waals surface area contributed by atoms with Crippen molar-refractivity contribution in [2.24, 2.45) is 5.73 Å². The fourth-order valence-electron chi connectivity index (χ4n) is 8.32. The van der Waals surface area contributed by atoms with Crippen LogP contribution in [-0.2, 0) is 13.1 Å². The number of nitrogens with two attached hydrogens (primary N) is 1. The van der Waals surface area contributed by atoms with E-state index in [0.717, 1.165) is 30.7 Å². The molecule has 8 rings (SSSR count). The summed E-state index contributed by atoms with van der Waals surface area (Å²) in [5, 5.41) is 15.0. The summed E-state index contributed by atoms with van der Waals surface area (Å²) in [6, 6.07) is 9.99. The van der Waals surface area contributed by atoms with E-state index in [-0.39, 0.29) is 35.2 Å². The third kappa shape index (κ3) is 7.62. The fourth-order valence-corrected chi connectivity index (χ4v) is 8.32. The number of rotatable bonds is 12. The van der Waals surface area contributed by atoms with Gasteiger partial charge in [-0.25, -0.2) is 9.97 Å². The first-order valence-corrected chi connectivity index (χ1v) is 20.5. The van der Waals surface area contributed by atoms with Crippen molar-refractivity contribution >= 4 is 57.5 Å². The number of hydrogen-bond donors (Lipinski definition) is 3. The van der Waals surface area contributed by atoms with Crippen LogP contribution >= 0.6 is 0 Å². The lowest BCUT2D eigenvalue weighted by atomic mass is 10.0. The van der Waals surface area contributed by atoms with Gasteiger partial charge in [-0.1, -0.05) is 12.2 Å². The van der Waals surface area contributed by atoms with E-state index < -0.39 is 5.91 Å². The minimum Gasteiger partial charge on any atom is -0.491 e. The second-order valence-corrected chi connectivity index (χ2v) is 15.3. The zero-order valence-electron chi connectivity index (χ0n) is 34.4. The third-order valence-corrected chi connectivity index (χ3v) is 11.1. The van der Waals surface area contributed by atoms with E-state index in [9.17, 15) is 19.2 Å². The molecule has 4 N–H and O–H groups in total. The summed E-state index contributed by atoms with van der Waals surface area (Å²) in [5.74, 6) is 0.277. The van der Waals surface area contributed by atoms with Crippen molar-refractivity contribution in [3.05, 3.63) is 82.5 Å². The Labute approximate surface area is 345 Å². The minimum atomic E-state index is -0.607. The molecule has 0 spiro atoms. The zero-order chi connectivity index (χ0) is 42.2. The molecule has 2 aromatic carbocycles. The SMILES string of the molecule is CCn1nc(C)cc1C(=O)Nc1nc2cc(C(C)=O)cc3c2n1C(CC=CCC1CCCOc2cc(C(N)=O)cc4nc(NC(=O)c5cc(C)nn5CC)n1c24)CCCO3. The Morgan fingerprint density at radius 3 is 1.60 bits per heavy atom. The number of carbonyl (C=O) groups is 4. The first kappa shape index (κ1) is 40.0. The van der Waals surface area contributed by atoms with Gasteiger partial charge in [0, 0.05) is 36.3 Å². The number of nitrogens with one attached hydrogen (secondary N) is 2. The molecule has 17 nitrogen and oxygen atoms in total. The van der Waals surface area contributed by atoms with Gasteiger partial charge < -0.3 is 24.3 Å². The molecule has 2 atom stereocenters. The number of primary amides is 1. The van der Waals surface area contributed by atoms with Crippen molar-refractivity contribution in [3.63, 3.8) is 0 Å². The minimum absolute atomic E-state index is 0.113. The quantitative estimate of drug-likeness (QED) is 0.0879. The van der Waals surface area contributed by atoms with Gasteiger partial charge in [0.25, 0.3) is 11.8 Å². The van der Waals surface area contributed by atoms with Gasteiger partial charge in [0.15, 0.2) is 5.78 Å². The number of allylic oxidation sites excluding steroid dienone is 2. The molecule has 4 aromatic heterocycles. The molecule has 0 saturated heterocycles. The lowest BCUT2D eigenvalue weighted by Gasteiger charge is -2.25. The Morgan fingerprint density at radius 2 is 1.17 bits per heavy atom. The second kappa shape index (κ2) is 16.5. The molecule has 0 bridgehead atoms. The number of Topliss-reactive ketones (excluding diaryl/α,β-unsaturated/α-hetero) is 1. The van der Waals surface area contributed by atoms with Crippen LogP contribution in [-0.4, -0.2) is 75.4 Å². The van der Waals surface area contributed by atoms with Crippen LogP contribution in [0.2, 0.25) is 0 Å². The maximum Gasteiger partial charge on any atom is 0.276 e. The predicted molar refractivity (Wildman–Crippen MR) is 225 cm³/mol. The van der Waals surface area contributed by atoms with Gasteiger partial charge in [-0.2, -0.15) is 10.2 Å². The highest BCUT2D eigenvalue weighted by molar-refractivity contribution is 6.05. The number of benzene rings is 2. The number of aromatic nitrogens is 8. The van der Waals surface area contributed by atoms with Crippen molar-refractivity contribution in [2.45, 2.75) is 98.3 Å². The zero-order valence-corrected chi connectivity index (χ0v) is 34.4. The molecule has 0 radical (unpaired) electrons. The summed E-state index contributed by atoms with van der Waals surface area (Å²) < 4.78 is 19.7. The number of nitrogens with zero attached hydrogens (tertiary/aromatic N) is 8. The Hall–Kier alpha value is -6.78. The van der Waals surface area contributed by atoms with Crippen molar-refractivity contribution in [1.29, 1.82) is 0 Å². The topological polar surface area (TPSA) is 208 Å². The molecular formula is C43H49N11O6. The molecule has 17 heteroatoms. The van der Waals surface area contributed by atoms with Crippen LogP contribution in [0.5, 0.6) is 11.5 Å². The van der Waals surface area contributed by atoms with Crippen molar-refractivity contribution in [2.75, 3.05) is 23.8 Å². The molecular weight excluding hydrogens is 767 g/mol. The molecule has 3 amide bonds. The van der Waals surface area contributed by atoms with E-state index in [4.69, 9.17) is 25.2 Å².